The maximum atomic E-state index is 13.3. The molecule has 0 fully saturated rings. The van der Waals surface area contributed by atoms with E-state index in [1.54, 1.807) is 32.4 Å². The molecule has 0 aliphatic carbocycles. The van der Waals surface area contributed by atoms with Gasteiger partial charge in [-0.05, 0) is 70.7 Å². The molecule has 1 heterocycles. The summed E-state index contributed by atoms with van der Waals surface area (Å²) in [6, 6.07) is 8.65. The molecule has 0 saturated heterocycles. The molecule has 0 unspecified atom stereocenters. The zero-order chi connectivity index (χ0) is 19.1. The van der Waals surface area contributed by atoms with Gasteiger partial charge in [-0.25, -0.2) is 8.42 Å². The number of hydrogen-bond acceptors (Lipinski definition) is 4. The van der Waals surface area contributed by atoms with Crippen molar-refractivity contribution in [2.75, 3.05) is 20.8 Å². The maximum absolute atomic E-state index is 13.3. The maximum Gasteiger partial charge on any atom is 0.244 e. The number of rotatable bonds is 4. The number of fused-ring (bicyclic) bond motifs is 1. The van der Waals surface area contributed by atoms with Crippen molar-refractivity contribution in [1.29, 1.82) is 0 Å². The molecule has 1 aliphatic heterocycles. The van der Waals surface area contributed by atoms with Crippen LogP contribution in [0.5, 0.6) is 11.5 Å². The quantitative estimate of drug-likeness (QED) is 0.613. The molecule has 0 N–H and O–H groups in total. The Kier molecular flexibility index (Phi) is 5.67. The van der Waals surface area contributed by atoms with E-state index in [1.807, 2.05) is 19.1 Å². The summed E-state index contributed by atoms with van der Waals surface area (Å²) in [5.74, 6) is 1.26. The first-order valence-corrected chi connectivity index (χ1v) is 11.0. The number of benzene rings is 2. The fourth-order valence-electron chi connectivity index (χ4n) is 3.25. The van der Waals surface area contributed by atoms with Gasteiger partial charge < -0.3 is 9.47 Å². The average Bonchev–Trinajstić information content (AvgIpc) is 2.62. The van der Waals surface area contributed by atoms with Gasteiger partial charge >= 0.3 is 0 Å². The van der Waals surface area contributed by atoms with Crippen LogP contribution in [0.3, 0.4) is 0 Å². The molecule has 0 spiro atoms. The van der Waals surface area contributed by atoms with Crippen LogP contribution < -0.4 is 9.47 Å². The summed E-state index contributed by atoms with van der Waals surface area (Å²) < 4.78 is 40.1. The minimum Gasteiger partial charge on any atom is -0.493 e. The SMILES string of the molecule is COc1cc2c(cc1OC)[C@H](C)N(S(=O)(=O)c1cc(Br)ccc1Br)CC2. The summed E-state index contributed by atoms with van der Waals surface area (Å²) >= 11 is 6.72. The summed E-state index contributed by atoms with van der Waals surface area (Å²) in [5.41, 5.74) is 2.01. The van der Waals surface area contributed by atoms with Gasteiger partial charge in [0.25, 0.3) is 0 Å². The smallest absolute Gasteiger partial charge is 0.244 e. The summed E-state index contributed by atoms with van der Waals surface area (Å²) in [6.07, 6.45) is 0.616. The highest BCUT2D eigenvalue weighted by molar-refractivity contribution is 9.11. The molecular formula is C18H19Br2NO4S. The summed E-state index contributed by atoms with van der Waals surface area (Å²) in [4.78, 5) is 0.252. The first-order valence-electron chi connectivity index (χ1n) is 8.01. The molecule has 1 atom stereocenters. The standard InChI is InChI=1S/C18H19Br2NO4S/c1-11-14-10-17(25-3)16(24-2)8-12(14)6-7-21(11)26(22,23)18-9-13(19)4-5-15(18)20/h4-5,8-11H,6-7H2,1-3H3/t11-/m0/s1. The number of nitrogens with zero attached hydrogens (tertiary/aromatic N) is 1. The van der Waals surface area contributed by atoms with Crippen molar-refractivity contribution in [2.24, 2.45) is 0 Å². The summed E-state index contributed by atoms with van der Waals surface area (Å²) in [6.45, 7) is 2.30. The topological polar surface area (TPSA) is 55.8 Å². The Bertz CT molecular complexity index is 946. The molecule has 3 rings (SSSR count). The minimum absolute atomic E-state index is 0.252. The Hall–Kier alpha value is -1.09. The van der Waals surface area contributed by atoms with Crippen molar-refractivity contribution < 1.29 is 17.9 Å². The van der Waals surface area contributed by atoms with Crippen molar-refractivity contribution in [3.8, 4) is 11.5 Å². The van der Waals surface area contributed by atoms with Gasteiger partial charge in [-0.1, -0.05) is 15.9 Å². The van der Waals surface area contributed by atoms with Crippen molar-refractivity contribution in [3.05, 3.63) is 50.4 Å². The van der Waals surface area contributed by atoms with Crippen LogP contribution in [0.2, 0.25) is 0 Å². The second-order valence-electron chi connectivity index (χ2n) is 6.02. The largest absolute Gasteiger partial charge is 0.493 e. The average molecular weight is 505 g/mol. The summed E-state index contributed by atoms with van der Waals surface area (Å²) in [5, 5.41) is 0. The minimum atomic E-state index is -3.66. The predicted octanol–water partition coefficient (Wildman–Crippen LogP) is 4.54. The Balaban J connectivity index is 2.06. The van der Waals surface area contributed by atoms with E-state index in [0.29, 0.717) is 28.9 Å². The van der Waals surface area contributed by atoms with Gasteiger partial charge in [-0.3, -0.25) is 0 Å². The third-order valence-corrected chi connectivity index (χ3v) is 8.07. The Morgan fingerprint density at radius 3 is 2.38 bits per heavy atom. The van der Waals surface area contributed by atoms with Gasteiger partial charge in [0.05, 0.1) is 19.1 Å². The van der Waals surface area contributed by atoms with Gasteiger partial charge in [-0.15, -0.1) is 0 Å². The number of hydrogen-bond donors (Lipinski definition) is 0. The molecule has 5 nitrogen and oxygen atoms in total. The molecule has 0 saturated carbocycles. The van der Waals surface area contributed by atoms with Crippen LogP contribution in [0.15, 0.2) is 44.2 Å². The number of methoxy groups -OCH3 is 2. The molecule has 0 bridgehead atoms. The molecule has 2 aromatic carbocycles. The van der Waals surface area contributed by atoms with Crippen LogP contribution >= 0.6 is 31.9 Å². The lowest BCUT2D eigenvalue weighted by Crippen LogP contribution is -2.39. The van der Waals surface area contributed by atoms with Crippen molar-refractivity contribution in [2.45, 2.75) is 24.3 Å². The van der Waals surface area contributed by atoms with Gasteiger partial charge in [0.1, 0.15) is 0 Å². The molecule has 8 heteroatoms. The van der Waals surface area contributed by atoms with E-state index in [2.05, 4.69) is 31.9 Å². The third-order valence-electron chi connectivity index (χ3n) is 4.61. The van der Waals surface area contributed by atoms with Crippen LogP contribution in [-0.2, 0) is 16.4 Å². The van der Waals surface area contributed by atoms with Gasteiger partial charge in [0.15, 0.2) is 11.5 Å². The van der Waals surface area contributed by atoms with Crippen LogP contribution in [0.25, 0.3) is 0 Å². The van der Waals surface area contributed by atoms with E-state index in [-0.39, 0.29) is 10.9 Å². The Morgan fingerprint density at radius 2 is 1.73 bits per heavy atom. The van der Waals surface area contributed by atoms with Gasteiger partial charge in [0, 0.05) is 21.5 Å². The third kappa shape index (κ3) is 3.40. The number of ether oxygens (including phenoxy) is 2. The molecule has 140 valence electrons. The highest BCUT2D eigenvalue weighted by atomic mass is 79.9. The Morgan fingerprint density at radius 1 is 1.08 bits per heavy atom. The van der Waals surface area contributed by atoms with E-state index in [1.165, 1.54) is 4.31 Å². The van der Waals surface area contributed by atoms with Crippen LogP contribution in [0.4, 0.5) is 0 Å². The normalized spacial score (nSPS) is 17.7. The highest BCUT2D eigenvalue weighted by Gasteiger charge is 2.35. The van der Waals surface area contributed by atoms with E-state index < -0.39 is 10.0 Å². The molecule has 0 radical (unpaired) electrons. The second-order valence-corrected chi connectivity index (χ2v) is 9.65. The van der Waals surface area contributed by atoms with E-state index in [0.717, 1.165) is 15.6 Å². The van der Waals surface area contributed by atoms with Crippen molar-refractivity contribution in [3.63, 3.8) is 0 Å². The van der Waals surface area contributed by atoms with Crippen LogP contribution in [0, 0.1) is 0 Å². The van der Waals surface area contributed by atoms with Gasteiger partial charge in [0.2, 0.25) is 10.0 Å². The highest BCUT2D eigenvalue weighted by Crippen LogP contribution is 2.40. The second kappa shape index (κ2) is 7.50. The Labute approximate surface area is 170 Å². The van der Waals surface area contributed by atoms with Crippen molar-refractivity contribution >= 4 is 41.9 Å². The molecule has 1 aliphatic rings. The first kappa shape index (κ1) is 19.7. The lowest BCUT2D eigenvalue weighted by Gasteiger charge is -2.35. The number of sulfonamides is 1. The van der Waals surface area contributed by atoms with Crippen LogP contribution in [0.1, 0.15) is 24.1 Å². The molecular weight excluding hydrogens is 486 g/mol. The summed E-state index contributed by atoms with van der Waals surface area (Å²) in [7, 11) is -0.488. The monoisotopic (exact) mass is 503 g/mol. The molecule has 26 heavy (non-hydrogen) atoms. The van der Waals surface area contributed by atoms with Crippen LogP contribution in [-0.4, -0.2) is 33.5 Å². The molecule has 0 amide bonds. The zero-order valence-corrected chi connectivity index (χ0v) is 18.6. The first-order chi connectivity index (χ1) is 12.3. The number of halogens is 2. The van der Waals surface area contributed by atoms with Gasteiger partial charge in [-0.2, -0.15) is 4.31 Å². The fraction of sp³-hybridized carbons (Fsp3) is 0.333. The zero-order valence-electron chi connectivity index (χ0n) is 14.6. The van der Waals surface area contributed by atoms with E-state index in [4.69, 9.17) is 9.47 Å². The van der Waals surface area contributed by atoms with E-state index in [9.17, 15) is 8.42 Å². The van der Waals surface area contributed by atoms with Crippen molar-refractivity contribution in [1.82, 2.24) is 4.31 Å². The lowest BCUT2D eigenvalue weighted by atomic mass is 9.94. The lowest BCUT2D eigenvalue weighted by molar-refractivity contribution is 0.318. The fourth-order valence-corrected chi connectivity index (χ4v) is 6.33. The predicted molar refractivity (Wildman–Crippen MR) is 107 cm³/mol. The van der Waals surface area contributed by atoms with E-state index >= 15 is 0 Å². The molecule has 0 aromatic heterocycles. The molecule has 2 aromatic rings.